The molecule has 1 aliphatic heterocycles. The Morgan fingerprint density at radius 1 is 1.33 bits per heavy atom. The Labute approximate surface area is 112 Å². The lowest BCUT2D eigenvalue weighted by Gasteiger charge is -2.36. The van der Waals surface area contributed by atoms with Gasteiger partial charge in [0.25, 0.3) is 0 Å². The van der Waals surface area contributed by atoms with Gasteiger partial charge in [-0.1, -0.05) is 0 Å². The molecule has 2 atom stereocenters. The van der Waals surface area contributed by atoms with Crippen molar-refractivity contribution in [3.05, 3.63) is 0 Å². The van der Waals surface area contributed by atoms with Gasteiger partial charge in [0.2, 0.25) is 0 Å². The van der Waals surface area contributed by atoms with Crippen molar-refractivity contribution in [2.24, 2.45) is 5.92 Å². The first kappa shape index (κ1) is 14.3. The van der Waals surface area contributed by atoms with E-state index in [1.165, 1.54) is 45.3 Å². The highest BCUT2D eigenvalue weighted by Crippen LogP contribution is 2.41. The molecule has 0 amide bonds. The Balaban J connectivity index is 1.84. The molecule has 18 heavy (non-hydrogen) atoms. The molecule has 3 nitrogen and oxygen atoms in total. The first-order valence-corrected chi connectivity index (χ1v) is 7.72. The van der Waals surface area contributed by atoms with Gasteiger partial charge < -0.3 is 10.1 Å². The van der Waals surface area contributed by atoms with Gasteiger partial charge in [0.05, 0.1) is 0 Å². The van der Waals surface area contributed by atoms with E-state index in [1.54, 1.807) is 0 Å². The quantitative estimate of drug-likeness (QED) is 0.736. The zero-order valence-corrected chi connectivity index (χ0v) is 12.4. The van der Waals surface area contributed by atoms with Gasteiger partial charge in [0.15, 0.2) is 0 Å². The third-order valence-corrected chi connectivity index (χ3v) is 4.66. The Morgan fingerprint density at radius 2 is 2.11 bits per heavy atom. The molecule has 0 spiro atoms. The molecule has 0 aromatic carbocycles. The molecule has 2 unspecified atom stereocenters. The van der Waals surface area contributed by atoms with Crippen LogP contribution in [0.25, 0.3) is 0 Å². The molecule has 1 aliphatic carbocycles. The standard InChI is InChI=1S/C15H30N2O/c1-4-18-11-5-10-17-12-15(3,14-6-7-14)16-9-8-13(17)2/h13-14,16H,4-12H2,1-3H3. The van der Waals surface area contributed by atoms with Crippen molar-refractivity contribution in [3.63, 3.8) is 0 Å². The fourth-order valence-corrected chi connectivity index (χ4v) is 3.19. The summed E-state index contributed by atoms with van der Waals surface area (Å²) in [6.07, 6.45) is 5.28. The van der Waals surface area contributed by atoms with Crippen LogP contribution in [0, 0.1) is 5.92 Å². The van der Waals surface area contributed by atoms with Crippen LogP contribution in [0.3, 0.4) is 0 Å². The predicted molar refractivity (Wildman–Crippen MR) is 75.9 cm³/mol. The van der Waals surface area contributed by atoms with Crippen LogP contribution < -0.4 is 5.32 Å². The van der Waals surface area contributed by atoms with Crippen LogP contribution in [-0.4, -0.2) is 49.3 Å². The number of hydrogen-bond acceptors (Lipinski definition) is 3. The number of ether oxygens (including phenoxy) is 1. The third-order valence-electron chi connectivity index (χ3n) is 4.66. The topological polar surface area (TPSA) is 24.5 Å². The van der Waals surface area contributed by atoms with E-state index >= 15 is 0 Å². The van der Waals surface area contributed by atoms with E-state index in [9.17, 15) is 0 Å². The second-order valence-corrected chi connectivity index (χ2v) is 6.28. The largest absolute Gasteiger partial charge is 0.382 e. The molecule has 2 aliphatic rings. The Bertz CT molecular complexity index is 255. The van der Waals surface area contributed by atoms with E-state index in [0.717, 1.165) is 19.1 Å². The van der Waals surface area contributed by atoms with Crippen molar-refractivity contribution in [2.75, 3.05) is 32.8 Å². The molecule has 0 aromatic heterocycles. The Kier molecular flexibility index (Phi) is 5.05. The third kappa shape index (κ3) is 3.69. The van der Waals surface area contributed by atoms with Crippen molar-refractivity contribution in [1.29, 1.82) is 0 Å². The van der Waals surface area contributed by atoms with Gasteiger partial charge in [0, 0.05) is 37.9 Å². The number of rotatable bonds is 6. The highest BCUT2D eigenvalue weighted by molar-refractivity contribution is 5.01. The average molecular weight is 254 g/mol. The van der Waals surface area contributed by atoms with Gasteiger partial charge in [-0.25, -0.2) is 0 Å². The minimum absolute atomic E-state index is 0.358. The van der Waals surface area contributed by atoms with Crippen molar-refractivity contribution >= 4 is 0 Å². The smallest absolute Gasteiger partial charge is 0.0478 e. The van der Waals surface area contributed by atoms with Crippen LogP contribution in [0.15, 0.2) is 0 Å². The van der Waals surface area contributed by atoms with E-state index in [1.807, 2.05) is 0 Å². The van der Waals surface area contributed by atoms with E-state index in [4.69, 9.17) is 4.74 Å². The van der Waals surface area contributed by atoms with Crippen molar-refractivity contribution in [1.82, 2.24) is 10.2 Å². The van der Waals surface area contributed by atoms with Crippen LogP contribution >= 0.6 is 0 Å². The summed E-state index contributed by atoms with van der Waals surface area (Å²) in [5, 5.41) is 3.81. The van der Waals surface area contributed by atoms with Crippen LogP contribution in [0.4, 0.5) is 0 Å². The molecule has 0 bridgehead atoms. The minimum atomic E-state index is 0.358. The molecule has 106 valence electrons. The SMILES string of the molecule is CCOCCCN1CC(C)(C2CC2)NCCC1C. The Hall–Kier alpha value is -0.120. The fraction of sp³-hybridized carbons (Fsp3) is 1.00. The molecular weight excluding hydrogens is 224 g/mol. The summed E-state index contributed by atoms with van der Waals surface area (Å²) < 4.78 is 5.46. The maximum atomic E-state index is 5.46. The second kappa shape index (κ2) is 6.36. The normalized spacial score (nSPS) is 34.5. The predicted octanol–water partition coefficient (Wildman–Crippen LogP) is 2.27. The molecule has 3 heteroatoms. The zero-order valence-electron chi connectivity index (χ0n) is 12.4. The monoisotopic (exact) mass is 254 g/mol. The van der Waals surface area contributed by atoms with Crippen molar-refractivity contribution < 1.29 is 4.74 Å². The molecule has 1 N–H and O–H groups in total. The first-order valence-electron chi connectivity index (χ1n) is 7.72. The van der Waals surface area contributed by atoms with E-state index in [0.29, 0.717) is 11.6 Å². The maximum Gasteiger partial charge on any atom is 0.0478 e. The summed E-state index contributed by atoms with van der Waals surface area (Å²) in [4.78, 5) is 2.68. The van der Waals surface area contributed by atoms with Gasteiger partial charge in [-0.3, -0.25) is 4.90 Å². The molecule has 1 saturated heterocycles. The van der Waals surface area contributed by atoms with Gasteiger partial charge in [-0.15, -0.1) is 0 Å². The number of nitrogens with one attached hydrogen (secondary N) is 1. The van der Waals surface area contributed by atoms with Gasteiger partial charge in [-0.2, -0.15) is 0 Å². The average Bonchev–Trinajstić information content (AvgIpc) is 3.16. The first-order chi connectivity index (χ1) is 8.65. The van der Waals surface area contributed by atoms with Crippen molar-refractivity contribution in [2.45, 2.75) is 58.0 Å². The van der Waals surface area contributed by atoms with Crippen LogP contribution in [0.2, 0.25) is 0 Å². The van der Waals surface area contributed by atoms with Crippen LogP contribution in [0.1, 0.15) is 46.5 Å². The molecule has 0 radical (unpaired) electrons. The zero-order chi connectivity index (χ0) is 13.0. The van der Waals surface area contributed by atoms with E-state index in [-0.39, 0.29) is 0 Å². The Morgan fingerprint density at radius 3 is 2.78 bits per heavy atom. The number of hydrogen-bond donors (Lipinski definition) is 1. The lowest BCUT2D eigenvalue weighted by Crippen LogP contribution is -2.51. The van der Waals surface area contributed by atoms with E-state index in [2.05, 4.69) is 31.0 Å². The van der Waals surface area contributed by atoms with E-state index < -0.39 is 0 Å². The highest BCUT2D eigenvalue weighted by Gasteiger charge is 2.43. The molecule has 2 fully saturated rings. The molecule has 0 aromatic rings. The van der Waals surface area contributed by atoms with Crippen molar-refractivity contribution in [3.8, 4) is 0 Å². The summed E-state index contributed by atoms with van der Waals surface area (Å²) in [5.41, 5.74) is 0.358. The minimum Gasteiger partial charge on any atom is -0.382 e. The number of nitrogens with zero attached hydrogens (tertiary/aromatic N) is 1. The summed E-state index contributed by atoms with van der Waals surface area (Å²) in [7, 11) is 0. The second-order valence-electron chi connectivity index (χ2n) is 6.28. The summed E-state index contributed by atoms with van der Waals surface area (Å²) in [5.74, 6) is 0.914. The highest BCUT2D eigenvalue weighted by atomic mass is 16.5. The molecule has 1 heterocycles. The summed E-state index contributed by atoms with van der Waals surface area (Å²) in [6.45, 7) is 12.2. The van der Waals surface area contributed by atoms with Gasteiger partial charge >= 0.3 is 0 Å². The molecule has 1 saturated carbocycles. The fourth-order valence-electron chi connectivity index (χ4n) is 3.19. The lowest BCUT2D eigenvalue weighted by atomic mass is 9.95. The van der Waals surface area contributed by atoms with Crippen LogP contribution in [0.5, 0.6) is 0 Å². The maximum absolute atomic E-state index is 5.46. The lowest BCUT2D eigenvalue weighted by molar-refractivity contribution is 0.112. The summed E-state index contributed by atoms with van der Waals surface area (Å²) in [6, 6.07) is 0.708. The summed E-state index contributed by atoms with van der Waals surface area (Å²) >= 11 is 0. The molecular formula is C15H30N2O. The molecule has 2 rings (SSSR count). The van der Waals surface area contributed by atoms with Crippen LogP contribution in [-0.2, 0) is 4.74 Å². The van der Waals surface area contributed by atoms with Gasteiger partial charge in [-0.05, 0) is 58.9 Å². The van der Waals surface area contributed by atoms with Gasteiger partial charge in [0.1, 0.15) is 0 Å².